The molecule has 2 amide bonds. The number of benzene rings is 1. The lowest BCUT2D eigenvalue weighted by atomic mass is 10.1. The van der Waals surface area contributed by atoms with E-state index in [1.807, 2.05) is 25.0 Å². The van der Waals surface area contributed by atoms with Crippen LogP contribution in [0.15, 0.2) is 23.0 Å². The molecule has 2 aromatic rings. The third-order valence-corrected chi connectivity index (χ3v) is 5.07. The lowest BCUT2D eigenvalue weighted by Gasteiger charge is -2.22. The summed E-state index contributed by atoms with van der Waals surface area (Å²) in [6.45, 7) is 4.07. The van der Waals surface area contributed by atoms with Crippen LogP contribution in [0, 0.1) is 0 Å². The molecule has 0 saturated carbocycles. The molecule has 0 bridgehead atoms. The fourth-order valence-corrected chi connectivity index (χ4v) is 3.75. The third-order valence-electron chi connectivity index (χ3n) is 5.07. The van der Waals surface area contributed by atoms with E-state index in [1.54, 1.807) is 11.6 Å². The van der Waals surface area contributed by atoms with E-state index >= 15 is 0 Å². The Kier molecular flexibility index (Phi) is 4.92. The van der Waals surface area contributed by atoms with Crippen molar-refractivity contribution in [3.8, 4) is 0 Å². The van der Waals surface area contributed by atoms with E-state index in [0.717, 1.165) is 29.8 Å². The average molecular weight is 358 g/mol. The average Bonchev–Trinajstić information content (AvgIpc) is 3.26. The van der Waals surface area contributed by atoms with Crippen LogP contribution in [0.4, 0.5) is 5.69 Å². The number of aryl methyl sites for hydroxylation is 1. The number of nitrogens with one attached hydrogen (secondary N) is 1. The van der Waals surface area contributed by atoms with Gasteiger partial charge in [0, 0.05) is 32.2 Å². The number of anilines is 1. The minimum Gasteiger partial charge on any atom is -0.371 e. The van der Waals surface area contributed by atoms with Crippen LogP contribution in [0.3, 0.4) is 0 Å². The number of carbonyl (C=O) groups excluding carboxylic acids is 3. The Balaban J connectivity index is 0.000000948. The molecule has 3 heterocycles. The Morgan fingerprint density at radius 3 is 2.42 bits per heavy atom. The molecule has 26 heavy (non-hydrogen) atoms. The van der Waals surface area contributed by atoms with Gasteiger partial charge in [0.15, 0.2) is 0 Å². The molecule has 138 valence electrons. The summed E-state index contributed by atoms with van der Waals surface area (Å²) in [5, 5.41) is 2.33. The highest BCUT2D eigenvalue weighted by Gasteiger charge is 2.31. The van der Waals surface area contributed by atoms with Crippen LogP contribution < -0.4 is 15.9 Å². The molecule has 1 N–H and O–H groups in total. The summed E-state index contributed by atoms with van der Waals surface area (Å²) < 4.78 is 3.10. The molecule has 1 aromatic carbocycles. The van der Waals surface area contributed by atoms with Crippen molar-refractivity contribution < 1.29 is 14.4 Å². The molecular formula is C18H22N4O4. The van der Waals surface area contributed by atoms with Crippen LogP contribution in [0.5, 0.6) is 0 Å². The van der Waals surface area contributed by atoms with Gasteiger partial charge in [0.05, 0.1) is 11.0 Å². The first-order chi connectivity index (χ1) is 12.6. The number of fused-ring (bicyclic) bond motifs is 1. The quantitative estimate of drug-likeness (QED) is 0.799. The van der Waals surface area contributed by atoms with Crippen molar-refractivity contribution >= 4 is 35.3 Å². The van der Waals surface area contributed by atoms with Crippen molar-refractivity contribution in [3.63, 3.8) is 0 Å². The van der Waals surface area contributed by atoms with Gasteiger partial charge in [-0.2, -0.15) is 0 Å². The molecular weight excluding hydrogens is 336 g/mol. The number of carbonyl (C=O) groups is 3. The van der Waals surface area contributed by atoms with E-state index in [0.29, 0.717) is 6.42 Å². The maximum atomic E-state index is 12.7. The highest BCUT2D eigenvalue weighted by atomic mass is 16.2. The summed E-state index contributed by atoms with van der Waals surface area (Å²) in [6, 6.07) is 5.31. The van der Waals surface area contributed by atoms with Gasteiger partial charge in [-0.3, -0.25) is 24.0 Å². The highest BCUT2D eigenvalue weighted by Crippen LogP contribution is 2.27. The maximum absolute atomic E-state index is 12.7. The van der Waals surface area contributed by atoms with Crippen molar-refractivity contribution in [2.75, 3.05) is 18.0 Å². The second kappa shape index (κ2) is 7.15. The van der Waals surface area contributed by atoms with Gasteiger partial charge < -0.3 is 9.69 Å². The Morgan fingerprint density at radius 2 is 1.77 bits per heavy atom. The Hall–Kier alpha value is -2.90. The van der Waals surface area contributed by atoms with E-state index < -0.39 is 11.9 Å². The van der Waals surface area contributed by atoms with E-state index in [1.165, 1.54) is 17.4 Å². The molecule has 0 aliphatic carbocycles. The first-order valence-electron chi connectivity index (χ1n) is 8.65. The monoisotopic (exact) mass is 358 g/mol. The summed E-state index contributed by atoms with van der Waals surface area (Å²) in [4.78, 5) is 46.6. The second-order valence-electron chi connectivity index (χ2n) is 6.55. The Labute approximate surface area is 150 Å². The molecule has 0 radical (unpaired) electrons. The van der Waals surface area contributed by atoms with Crippen LogP contribution in [-0.4, -0.2) is 40.8 Å². The molecule has 1 atom stereocenters. The minimum absolute atomic E-state index is 0.224. The summed E-state index contributed by atoms with van der Waals surface area (Å²) in [5.74, 6) is -0.676. The number of nitrogens with zero attached hydrogens (tertiary/aromatic N) is 3. The smallest absolute Gasteiger partial charge is 0.329 e. The van der Waals surface area contributed by atoms with Gasteiger partial charge in [-0.05, 0) is 37.5 Å². The molecule has 0 spiro atoms. The van der Waals surface area contributed by atoms with Gasteiger partial charge in [0.2, 0.25) is 11.8 Å². The second-order valence-corrected chi connectivity index (χ2v) is 6.55. The van der Waals surface area contributed by atoms with E-state index in [9.17, 15) is 14.4 Å². The predicted octanol–water partition coefficient (Wildman–Crippen LogP) is 0.733. The van der Waals surface area contributed by atoms with Crippen molar-refractivity contribution in [1.29, 1.82) is 0 Å². The molecule has 2 saturated heterocycles. The molecule has 8 heteroatoms. The molecule has 2 fully saturated rings. The molecule has 8 nitrogen and oxygen atoms in total. The summed E-state index contributed by atoms with van der Waals surface area (Å²) in [7, 11) is 1.72. The number of hydrogen-bond acceptors (Lipinski definition) is 5. The van der Waals surface area contributed by atoms with Gasteiger partial charge in [-0.25, -0.2) is 4.79 Å². The largest absolute Gasteiger partial charge is 0.371 e. The third kappa shape index (κ3) is 2.91. The van der Waals surface area contributed by atoms with Crippen molar-refractivity contribution in [2.45, 2.75) is 31.7 Å². The first kappa shape index (κ1) is 17.9. The van der Waals surface area contributed by atoms with E-state index in [4.69, 9.17) is 4.79 Å². The SMILES string of the molecule is C=O.Cn1c(=O)n(C2CCC(=O)NC2=O)c2ccc(N3CCCC3)cc21. The van der Waals surface area contributed by atoms with Gasteiger partial charge in [0.1, 0.15) is 12.8 Å². The fraction of sp³-hybridized carbons (Fsp3) is 0.444. The van der Waals surface area contributed by atoms with Crippen LogP contribution in [0.1, 0.15) is 31.7 Å². The molecule has 1 aromatic heterocycles. The van der Waals surface area contributed by atoms with Crippen LogP contribution >= 0.6 is 0 Å². The first-order valence-corrected chi connectivity index (χ1v) is 8.65. The number of imidazole rings is 1. The Bertz CT molecular complexity index is 908. The number of rotatable bonds is 2. The summed E-state index contributed by atoms with van der Waals surface area (Å²) in [6.07, 6.45) is 2.99. The number of amides is 2. The van der Waals surface area contributed by atoms with E-state index in [2.05, 4.69) is 10.2 Å². The maximum Gasteiger partial charge on any atom is 0.329 e. The van der Waals surface area contributed by atoms with Crippen LogP contribution in [-0.2, 0) is 21.4 Å². The Morgan fingerprint density at radius 1 is 1.08 bits per heavy atom. The lowest BCUT2D eigenvalue weighted by molar-refractivity contribution is -0.135. The normalized spacial score (nSPS) is 20.0. The number of aromatic nitrogens is 2. The standard InChI is InChI=1S/C17H20N4O3.CH2O/c1-19-14-10-11(20-8-2-3-9-20)4-5-12(14)21(17(19)24)13-6-7-15(22)18-16(13)23;1-2/h4-5,10,13H,2-3,6-9H2,1H3,(H,18,22,23);1H2. The minimum atomic E-state index is -0.628. The molecule has 4 rings (SSSR count). The molecule has 1 unspecified atom stereocenters. The number of imide groups is 1. The van der Waals surface area contributed by atoms with Gasteiger partial charge in [-0.1, -0.05) is 0 Å². The summed E-state index contributed by atoms with van der Waals surface area (Å²) >= 11 is 0. The zero-order valence-electron chi connectivity index (χ0n) is 14.7. The van der Waals surface area contributed by atoms with Crippen LogP contribution in [0.2, 0.25) is 0 Å². The van der Waals surface area contributed by atoms with E-state index in [-0.39, 0.29) is 18.0 Å². The predicted molar refractivity (Wildman–Crippen MR) is 97.2 cm³/mol. The van der Waals surface area contributed by atoms with Crippen molar-refractivity contribution in [2.24, 2.45) is 7.05 Å². The van der Waals surface area contributed by atoms with Crippen LogP contribution in [0.25, 0.3) is 11.0 Å². The highest BCUT2D eigenvalue weighted by molar-refractivity contribution is 6.00. The fourth-order valence-electron chi connectivity index (χ4n) is 3.75. The van der Waals surface area contributed by atoms with Crippen molar-refractivity contribution in [3.05, 3.63) is 28.7 Å². The topological polar surface area (TPSA) is 93.4 Å². The zero-order chi connectivity index (χ0) is 18.8. The molecule has 2 aliphatic heterocycles. The van der Waals surface area contributed by atoms with Gasteiger partial charge in [0.25, 0.3) is 0 Å². The molecule has 2 aliphatic rings. The van der Waals surface area contributed by atoms with Gasteiger partial charge >= 0.3 is 5.69 Å². The lowest BCUT2D eigenvalue weighted by Crippen LogP contribution is -2.44. The van der Waals surface area contributed by atoms with Crippen molar-refractivity contribution in [1.82, 2.24) is 14.5 Å². The summed E-state index contributed by atoms with van der Waals surface area (Å²) in [5.41, 5.74) is 2.43. The van der Waals surface area contributed by atoms with Gasteiger partial charge in [-0.15, -0.1) is 0 Å². The number of piperidine rings is 1. The number of hydrogen-bond donors (Lipinski definition) is 1. The zero-order valence-corrected chi connectivity index (χ0v) is 14.7.